The van der Waals surface area contributed by atoms with Gasteiger partial charge in [0, 0.05) is 42.5 Å². The van der Waals surface area contributed by atoms with Gasteiger partial charge in [-0.25, -0.2) is 4.98 Å². The van der Waals surface area contributed by atoms with Crippen LogP contribution in [0, 0.1) is 13.8 Å². The molecule has 0 unspecified atom stereocenters. The Hall–Kier alpha value is -2.22. The third-order valence-electron chi connectivity index (χ3n) is 4.56. The molecule has 7 heteroatoms. The number of hydrogen-bond donors (Lipinski definition) is 1. The molecule has 4 aromatic rings. The fourth-order valence-corrected chi connectivity index (χ4v) is 4.34. The van der Waals surface area contributed by atoms with Crippen LogP contribution in [0.4, 0.5) is 5.13 Å². The molecule has 4 nitrogen and oxygen atoms in total. The summed E-state index contributed by atoms with van der Waals surface area (Å²) in [5.74, 6) is 0. The van der Waals surface area contributed by atoms with Crippen molar-refractivity contribution in [2.45, 2.75) is 13.8 Å². The number of nitrogens with zero attached hydrogens (tertiary/aromatic N) is 3. The summed E-state index contributed by atoms with van der Waals surface area (Å²) in [5.41, 5.74) is 9.59. The van der Waals surface area contributed by atoms with Gasteiger partial charge in [-0.3, -0.25) is 5.43 Å². The van der Waals surface area contributed by atoms with Gasteiger partial charge in [0.1, 0.15) is 0 Å². The van der Waals surface area contributed by atoms with Crippen molar-refractivity contribution in [1.82, 2.24) is 9.55 Å². The zero-order valence-electron chi connectivity index (χ0n) is 15.9. The van der Waals surface area contributed by atoms with Gasteiger partial charge in [-0.1, -0.05) is 44.0 Å². The van der Waals surface area contributed by atoms with Crippen molar-refractivity contribution in [1.29, 1.82) is 0 Å². The highest BCUT2D eigenvalue weighted by molar-refractivity contribution is 9.10. The standard InChI is InChI=1S/C22H18Br2N4S/c1-14-11-17(15(2)28(14)20-9-7-19(24)8-10-20)12-25-27-22-26-21(13-29-22)16-3-5-18(23)6-4-16/h3-13H,1-2H3,(H,26,27). The molecule has 1 N–H and O–H groups in total. The molecule has 146 valence electrons. The van der Waals surface area contributed by atoms with Crippen molar-refractivity contribution >= 4 is 54.5 Å². The van der Waals surface area contributed by atoms with Crippen molar-refractivity contribution in [2.75, 3.05) is 5.43 Å². The maximum absolute atomic E-state index is 4.61. The molecule has 2 aromatic heterocycles. The van der Waals surface area contributed by atoms with E-state index in [2.05, 4.69) is 96.1 Å². The number of hydrazone groups is 1. The lowest BCUT2D eigenvalue weighted by atomic mass is 10.2. The molecule has 4 rings (SSSR count). The summed E-state index contributed by atoms with van der Waals surface area (Å²) in [6, 6.07) is 18.6. The number of rotatable bonds is 5. The minimum atomic E-state index is 0.765. The number of hydrogen-bond acceptors (Lipinski definition) is 4. The quantitative estimate of drug-likeness (QED) is 0.219. The molecular weight excluding hydrogens is 512 g/mol. The number of halogens is 2. The molecule has 0 radical (unpaired) electrons. The van der Waals surface area contributed by atoms with E-state index in [9.17, 15) is 0 Å². The SMILES string of the molecule is Cc1cc(C=NNc2nc(-c3ccc(Br)cc3)cs2)c(C)n1-c1ccc(Br)cc1. The second kappa shape index (κ2) is 8.65. The topological polar surface area (TPSA) is 42.2 Å². The second-order valence-corrected chi connectivity index (χ2v) is 9.24. The molecule has 0 aliphatic rings. The average Bonchev–Trinajstić information content (AvgIpc) is 3.28. The van der Waals surface area contributed by atoms with E-state index in [1.807, 2.05) is 35.9 Å². The Morgan fingerprint density at radius 2 is 1.66 bits per heavy atom. The Labute approximate surface area is 190 Å². The van der Waals surface area contributed by atoms with Gasteiger partial charge in [0.15, 0.2) is 0 Å². The maximum atomic E-state index is 4.61. The van der Waals surface area contributed by atoms with Gasteiger partial charge in [-0.05, 0) is 56.3 Å². The fraction of sp³-hybridized carbons (Fsp3) is 0.0909. The van der Waals surface area contributed by atoms with Crippen LogP contribution >= 0.6 is 43.2 Å². The van der Waals surface area contributed by atoms with Crippen molar-refractivity contribution in [3.8, 4) is 16.9 Å². The third-order valence-corrected chi connectivity index (χ3v) is 6.37. The second-order valence-electron chi connectivity index (χ2n) is 6.55. The van der Waals surface area contributed by atoms with Crippen molar-refractivity contribution in [3.05, 3.63) is 85.9 Å². The number of thiazole rings is 1. The smallest absolute Gasteiger partial charge is 0.203 e. The number of aryl methyl sites for hydroxylation is 1. The summed E-state index contributed by atoms with van der Waals surface area (Å²) in [6.07, 6.45) is 1.85. The predicted molar refractivity (Wildman–Crippen MR) is 129 cm³/mol. The Kier molecular flexibility index (Phi) is 5.99. The van der Waals surface area contributed by atoms with E-state index in [0.29, 0.717) is 0 Å². The molecule has 0 fully saturated rings. The first-order valence-corrected chi connectivity index (χ1v) is 11.4. The summed E-state index contributed by atoms with van der Waals surface area (Å²) in [5, 5.41) is 7.19. The van der Waals surface area contributed by atoms with E-state index in [1.165, 1.54) is 11.3 Å². The van der Waals surface area contributed by atoms with Crippen LogP contribution in [0.1, 0.15) is 17.0 Å². The fourth-order valence-electron chi connectivity index (χ4n) is 3.14. The zero-order chi connectivity index (χ0) is 20.4. The normalized spacial score (nSPS) is 11.3. The van der Waals surface area contributed by atoms with Gasteiger partial charge in [-0.15, -0.1) is 11.3 Å². The van der Waals surface area contributed by atoms with E-state index in [0.717, 1.165) is 48.0 Å². The Bertz CT molecular complexity index is 1160. The van der Waals surface area contributed by atoms with Crippen LogP contribution < -0.4 is 5.43 Å². The summed E-state index contributed by atoms with van der Waals surface area (Å²) in [4.78, 5) is 4.61. The predicted octanol–water partition coefficient (Wildman–Crippen LogP) is 7.19. The van der Waals surface area contributed by atoms with Gasteiger partial charge in [0.2, 0.25) is 5.13 Å². The summed E-state index contributed by atoms with van der Waals surface area (Å²) in [6.45, 7) is 4.20. The maximum Gasteiger partial charge on any atom is 0.203 e. The highest BCUT2D eigenvalue weighted by Gasteiger charge is 2.09. The molecule has 0 amide bonds. The highest BCUT2D eigenvalue weighted by atomic mass is 79.9. The van der Waals surface area contributed by atoms with Crippen molar-refractivity contribution in [3.63, 3.8) is 0 Å². The van der Waals surface area contributed by atoms with Crippen molar-refractivity contribution < 1.29 is 0 Å². The number of aromatic nitrogens is 2. The third kappa shape index (κ3) is 4.52. The molecule has 0 aliphatic carbocycles. The van der Waals surface area contributed by atoms with Crippen LogP contribution in [-0.4, -0.2) is 15.8 Å². The number of nitrogens with one attached hydrogen (secondary N) is 1. The first kappa shape index (κ1) is 20.1. The lowest BCUT2D eigenvalue weighted by Gasteiger charge is -2.09. The average molecular weight is 530 g/mol. The molecule has 0 saturated heterocycles. The van der Waals surface area contributed by atoms with E-state index in [1.54, 1.807) is 0 Å². The summed E-state index contributed by atoms with van der Waals surface area (Å²) in [7, 11) is 0. The van der Waals surface area contributed by atoms with Crippen LogP contribution in [0.2, 0.25) is 0 Å². The zero-order valence-corrected chi connectivity index (χ0v) is 19.8. The van der Waals surface area contributed by atoms with E-state index < -0.39 is 0 Å². The van der Waals surface area contributed by atoms with Gasteiger partial charge < -0.3 is 4.57 Å². The Morgan fingerprint density at radius 3 is 2.34 bits per heavy atom. The Balaban J connectivity index is 1.50. The molecule has 0 saturated carbocycles. The molecule has 29 heavy (non-hydrogen) atoms. The van der Waals surface area contributed by atoms with Gasteiger partial charge in [0.05, 0.1) is 11.9 Å². The van der Waals surface area contributed by atoms with Crippen LogP contribution in [0.25, 0.3) is 16.9 Å². The lowest BCUT2D eigenvalue weighted by molar-refractivity contribution is 0.964. The largest absolute Gasteiger partial charge is 0.318 e. The molecule has 0 aliphatic heterocycles. The first-order valence-electron chi connectivity index (χ1n) is 8.97. The lowest BCUT2D eigenvalue weighted by Crippen LogP contribution is -1.99. The van der Waals surface area contributed by atoms with Crippen LogP contribution in [0.5, 0.6) is 0 Å². The molecular formula is C22H18Br2N4S. The molecule has 0 spiro atoms. The number of benzene rings is 2. The van der Waals surface area contributed by atoms with Crippen molar-refractivity contribution in [2.24, 2.45) is 5.10 Å². The van der Waals surface area contributed by atoms with Crippen LogP contribution in [0.15, 0.2) is 74.0 Å². The van der Waals surface area contributed by atoms with Gasteiger partial charge in [-0.2, -0.15) is 5.10 Å². The summed E-state index contributed by atoms with van der Waals surface area (Å²) < 4.78 is 4.35. The van der Waals surface area contributed by atoms with E-state index in [-0.39, 0.29) is 0 Å². The first-order chi connectivity index (χ1) is 14.0. The molecule has 0 atom stereocenters. The van der Waals surface area contributed by atoms with E-state index in [4.69, 9.17) is 0 Å². The molecule has 2 heterocycles. The minimum Gasteiger partial charge on any atom is -0.318 e. The highest BCUT2D eigenvalue weighted by Crippen LogP contribution is 2.26. The van der Waals surface area contributed by atoms with Crippen LogP contribution in [0.3, 0.4) is 0 Å². The van der Waals surface area contributed by atoms with E-state index >= 15 is 0 Å². The minimum absolute atomic E-state index is 0.765. The molecule has 0 bridgehead atoms. The Morgan fingerprint density at radius 1 is 1.00 bits per heavy atom. The monoisotopic (exact) mass is 528 g/mol. The van der Waals surface area contributed by atoms with Crippen LogP contribution in [-0.2, 0) is 0 Å². The number of anilines is 1. The molecule has 2 aromatic carbocycles. The summed E-state index contributed by atoms with van der Waals surface area (Å²) >= 11 is 8.48. The van der Waals surface area contributed by atoms with Gasteiger partial charge in [0.25, 0.3) is 0 Å². The van der Waals surface area contributed by atoms with Gasteiger partial charge >= 0.3 is 0 Å².